The fourth-order valence-electron chi connectivity index (χ4n) is 3.57. The summed E-state index contributed by atoms with van der Waals surface area (Å²) in [7, 11) is 0. The molecule has 1 aliphatic heterocycles. The molecule has 0 spiro atoms. The number of carbonyl (C=O) groups is 2. The molecule has 1 aromatic carbocycles. The molecule has 1 aliphatic rings. The second-order valence-electron chi connectivity index (χ2n) is 7.41. The molecule has 0 aromatic heterocycles. The van der Waals surface area contributed by atoms with Gasteiger partial charge in [-0.2, -0.15) is 0 Å². The molecule has 4 nitrogen and oxygen atoms in total. The van der Waals surface area contributed by atoms with Crippen LogP contribution in [-0.2, 0) is 9.59 Å². The molecule has 1 aromatic rings. The summed E-state index contributed by atoms with van der Waals surface area (Å²) in [4.78, 5) is 24.2. The first kappa shape index (κ1) is 20.5. The van der Waals surface area contributed by atoms with E-state index in [1.807, 2.05) is 30.3 Å². The average Bonchev–Trinajstić information content (AvgIpc) is 3.01. The summed E-state index contributed by atoms with van der Waals surface area (Å²) in [6.07, 6.45) is 12.3. The number of unbranched alkanes of at least 4 members (excludes halogenated alkanes) is 8. The normalized spacial score (nSPS) is 19.3. The van der Waals surface area contributed by atoms with Crippen LogP contribution in [0.25, 0.3) is 0 Å². The van der Waals surface area contributed by atoms with Crippen LogP contribution < -0.4 is 10.6 Å². The molecule has 4 heteroatoms. The lowest BCUT2D eigenvalue weighted by Gasteiger charge is -2.11. The van der Waals surface area contributed by atoms with Crippen molar-refractivity contribution in [2.75, 3.05) is 0 Å². The van der Waals surface area contributed by atoms with E-state index in [9.17, 15) is 9.59 Å². The van der Waals surface area contributed by atoms with Crippen LogP contribution >= 0.6 is 0 Å². The highest BCUT2D eigenvalue weighted by molar-refractivity contribution is 5.89. The third kappa shape index (κ3) is 7.19. The Kier molecular flexibility index (Phi) is 9.22. The van der Waals surface area contributed by atoms with Crippen molar-refractivity contribution in [1.82, 2.24) is 10.6 Å². The number of amides is 2. The quantitative estimate of drug-likeness (QED) is 0.534. The molecule has 1 fully saturated rings. The van der Waals surface area contributed by atoms with Crippen LogP contribution in [0.3, 0.4) is 0 Å². The molecule has 0 bridgehead atoms. The molecule has 1 heterocycles. The maximum absolute atomic E-state index is 12.1. The van der Waals surface area contributed by atoms with Crippen molar-refractivity contribution in [1.29, 1.82) is 0 Å². The van der Waals surface area contributed by atoms with E-state index in [2.05, 4.69) is 17.6 Å². The molecule has 0 saturated carbocycles. The zero-order valence-electron chi connectivity index (χ0n) is 16.1. The maximum atomic E-state index is 12.1. The van der Waals surface area contributed by atoms with Gasteiger partial charge >= 0.3 is 0 Å². The Balaban J connectivity index is 1.56. The number of hydrogen-bond donors (Lipinski definition) is 2. The lowest BCUT2D eigenvalue weighted by Crippen LogP contribution is -2.40. The van der Waals surface area contributed by atoms with Crippen LogP contribution in [0.15, 0.2) is 30.3 Å². The van der Waals surface area contributed by atoms with Crippen molar-refractivity contribution < 1.29 is 9.59 Å². The first-order valence-electron chi connectivity index (χ1n) is 10.4. The highest BCUT2D eigenvalue weighted by Gasteiger charge is 2.33. The Hall–Kier alpha value is -1.84. The zero-order valence-corrected chi connectivity index (χ0v) is 16.1. The summed E-state index contributed by atoms with van der Waals surface area (Å²) in [5.74, 6) is -0.0684. The summed E-state index contributed by atoms with van der Waals surface area (Å²) in [5.41, 5.74) is 1.09. The minimum Gasteiger partial charge on any atom is -0.347 e. The minimum atomic E-state index is -0.397. The molecule has 26 heavy (non-hydrogen) atoms. The molecule has 2 unspecified atom stereocenters. The predicted octanol–water partition coefficient (Wildman–Crippen LogP) is 4.65. The van der Waals surface area contributed by atoms with Crippen molar-refractivity contribution in [3.05, 3.63) is 35.9 Å². The largest absolute Gasteiger partial charge is 0.347 e. The Morgan fingerprint density at radius 2 is 1.62 bits per heavy atom. The Labute approximate surface area is 158 Å². The van der Waals surface area contributed by atoms with Gasteiger partial charge in [-0.3, -0.25) is 9.59 Å². The van der Waals surface area contributed by atoms with Gasteiger partial charge in [0.25, 0.3) is 0 Å². The van der Waals surface area contributed by atoms with E-state index in [4.69, 9.17) is 0 Å². The molecular formula is C22H34N2O2. The van der Waals surface area contributed by atoms with Gasteiger partial charge in [-0.05, 0) is 12.0 Å². The smallest absolute Gasteiger partial charge is 0.243 e. The fourth-order valence-corrected chi connectivity index (χ4v) is 3.57. The van der Waals surface area contributed by atoms with E-state index >= 15 is 0 Å². The minimum absolute atomic E-state index is 0.00158. The van der Waals surface area contributed by atoms with E-state index in [0.717, 1.165) is 18.4 Å². The van der Waals surface area contributed by atoms with Gasteiger partial charge in [-0.25, -0.2) is 0 Å². The maximum Gasteiger partial charge on any atom is 0.243 e. The van der Waals surface area contributed by atoms with Crippen molar-refractivity contribution in [2.45, 2.75) is 89.6 Å². The molecule has 0 aliphatic carbocycles. The van der Waals surface area contributed by atoms with Gasteiger partial charge in [0.1, 0.15) is 6.04 Å². The summed E-state index contributed by atoms with van der Waals surface area (Å²) in [6, 6.07) is 9.53. The number of rotatable bonds is 12. The summed E-state index contributed by atoms with van der Waals surface area (Å²) < 4.78 is 0. The third-order valence-corrected chi connectivity index (χ3v) is 5.15. The lowest BCUT2D eigenvalue weighted by molar-refractivity contribution is -0.127. The van der Waals surface area contributed by atoms with Gasteiger partial charge in [0.2, 0.25) is 11.8 Å². The van der Waals surface area contributed by atoms with Gasteiger partial charge in [0, 0.05) is 12.8 Å². The molecule has 2 N–H and O–H groups in total. The molecule has 0 radical (unpaired) electrons. The molecule has 1 saturated heterocycles. The van der Waals surface area contributed by atoms with E-state index in [1.54, 1.807) is 0 Å². The lowest BCUT2D eigenvalue weighted by atomic mass is 10.0. The van der Waals surface area contributed by atoms with Crippen LogP contribution in [0, 0.1) is 0 Å². The molecule has 2 atom stereocenters. The van der Waals surface area contributed by atoms with E-state index in [-0.39, 0.29) is 17.9 Å². The van der Waals surface area contributed by atoms with E-state index in [1.165, 1.54) is 44.9 Å². The first-order valence-corrected chi connectivity index (χ1v) is 10.4. The third-order valence-electron chi connectivity index (χ3n) is 5.15. The summed E-state index contributed by atoms with van der Waals surface area (Å²) >= 11 is 0. The van der Waals surface area contributed by atoms with Crippen molar-refractivity contribution >= 4 is 11.8 Å². The van der Waals surface area contributed by atoms with Gasteiger partial charge in [-0.15, -0.1) is 0 Å². The second-order valence-corrected chi connectivity index (χ2v) is 7.41. The molecule has 144 valence electrons. The van der Waals surface area contributed by atoms with Crippen molar-refractivity contribution in [3.8, 4) is 0 Å². The monoisotopic (exact) mass is 358 g/mol. The standard InChI is InChI=1S/C22H34N2O2/c1-2-3-4-5-6-7-8-9-13-16-21(25)23-20-17-19(24-22(20)26)18-14-11-10-12-15-18/h10-12,14-15,19-20H,2-9,13,16-17H2,1H3,(H,23,25)(H,24,26). The Morgan fingerprint density at radius 1 is 1.00 bits per heavy atom. The molecule has 2 amide bonds. The van der Waals surface area contributed by atoms with Crippen LogP contribution in [0.4, 0.5) is 0 Å². The summed E-state index contributed by atoms with van der Waals surface area (Å²) in [6.45, 7) is 2.24. The molecule has 2 rings (SSSR count). The van der Waals surface area contributed by atoms with Crippen molar-refractivity contribution in [2.24, 2.45) is 0 Å². The van der Waals surface area contributed by atoms with E-state index in [0.29, 0.717) is 12.8 Å². The topological polar surface area (TPSA) is 58.2 Å². The number of hydrogen-bond acceptors (Lipinski definition) is 2. The Bertz CT molecular complexity index is 544. The summed E-state index contributed by atoms with van der Waals surface area (Å²) in [5, 5.41) is 5.88. The first-order chi connectivity index (χ1) is 12.7. The number of benzene rings is 1. The molecular weight excluding hydrogens is 324 g/mol. The Morgan fingerprint density at radius 3 is 2.27 bits per heavy atom. The highest BCUT2D eigenvalue weighted by atomic mass is 16.2. The highest BCUT2D eigenvalue weighted by Crippen LogP contribution is 2.24. The van der Waals surface area contributed by atoms with Crippen molar-refractivity contribution in [3.63, 3.8) is 0 Å². The van der Waals surface area contributed by atoms with Gasteiger partial charge < -0.3 is 10.6 Å². The van der Waals surface area contributed by atoms with Crippen LogP contribution in [0.2, 0.25) is 0 Å². The van der Waals surface area contributed by atoms with Crippen LogP contribution in [-0.4, -0.2) is 17.9 Å². The number of carbonyl (C=O) groups excluding carboxylic acids is 2. The fraction of sp³-hybridized carbons (Fsp3) is 0.636. The van der Waals surface area contributed by atoms with Crippen LogP contribution in [0.1, 0.15) is 89.2 Å². The SMILES string of the molecule is CCCCCCCCCCCC(=O)NC1CC(c2ccccc2)NC1=O. The van der Waals surface area contributed by atoms with Gasteiger partial charge in [-0.1, -0.05) is 88.6 Å². The van der Waals surface area contributed by atoms with Crippen LogP contribution in [0.5, 0.6) is 0 Å². The average molecular weight is 359 g/mol. The number of nitrogens with one attached hydrogen (secondary N) is 2. The van der Waals surface area contributed by atoms with E-state index < -0.39 is 6.04 Å². The predicted molar refractivity (Wildman–Crippen MR) is 106 cm³/mol. The second kappa shape index (κ2) is 11.7. The van der Waals surface area contributed by atoms with Gasteiger partial charge in [0.15, 0.2) is 0 Å². The zero-order chi connectivity index (χ0) is 18.6. The van der Waals surface area contributed by atoms with Gasteiger partial charge in [0.05, 0.1) is 6.04 Å².